The summed E-state index contributed by atoms with van der Waals surface area (Å²) in [7, 11) is 1.95. The van der Waals surface area contributed by atoms with Crippen molar-refractivity contribution in [3.05, 3.63) is 52.1 Å². The minimum Gasteiger partial charge on any atom is -0.399 e. The number of nitrogens with one attached hydrogen (secondary N) is 1. The third kappa shape index (κ3) is 2.91. The number of benzene rings is 1. The average Bonchev–Trinajstić information content (AvgIpc) is 3.29. The molecule has 1 aromatic carbocycles. The minimum atomic E-state index is -0.0893. The third-order valence-corrected chi connectivity index (χ3v) is 4.05. The lowest BCUT2D eigenvalue weighted by molar-refractivity contribution is 0.720. The van der Waals surface area contributed by atoms with Crippen molar-refractivity contribution in [1.29, 1.82) is 0 Å². The van der Waals surface area contributed by atoms with Gasteiger partial charge < -0.3 is 15.6 Å². The third-order valence-electron chi connectivity index (χ3n) is 4.05. The first-order chi connectivity index (χ1) is 10.0. The lowest BCUT2D eigenvalue weighted by atomic mass is 10.1. The smallest absolute Gasteiger partial charge is 0.252 e. The quantitative estimate of drug-likeness (QED) is 0.846. The van der Waals surface area contributed by atoms with Gasteiger partial charge >= 0.3 is 0 Å². The van der Waals surface area contributed by atoms with Crippen LogP contribution in [-0.4, -0.2) is 17.0 Å². The second kappa shape index (κ2) is 5.24. The average molecular weight is 284 g/mol. The zero-order valence-corrected chi connectivity index (χ0v) is 12.3. The Hall–Kier alpha value is -2.30. The highest BCUT2D eigenvalue weighted by molar-refractivity contribution is 5.46. The summed E-state index contributed by atoms with van der Waals surface area (Å²) in [6.45, 7) is 2.08. The summed E-state index contributed by atoms with van der Waals surface area (Å²) in [4.78, 5) is 21.3. The van der Waals surface area contributed by atoms with E-state index in [1.165, 1.54) is 0 Å². The van der Waals surface area contributed by atoms with Gasteiger partial charge in [0.05, 0.1) is 6.04 Å². The maximum Gasteiger partial charge on any atom is 0.252 e. The minimum absolute atomic E-state index is 0.0893. The number of rotatable bonds is 4. The normalized spacial score (nSPS) is 15.7. The van der Waals surface area contributed by atoms with Crippen LogP contribution in [0.3, 0.4) is 0 Å². The molecule has 1 aromatic heterocycles. The Morgan fingerprint density at radius 3 is 2.81 bits per heavy atom. The Morgan fingerprint density at radius 1 is 1.38 bits per heavy atom. The van der Waals surface area contributed by atoms with E-state index in [0.29, 0.717) is 11.7 Å². The van der Waals surface area contributed by atoms with E-state index in [-0.39, 0.29) is 11.6 Å². The van der Waals surface area contributed by atoms with E-state index in [1.54, 1.807) is 6.07 Å². The van der Waals surface area contributed by atoms with Crippen LogP contribution in [0.2, 0.25) is 0 Å². The first-order valence-corrected chi connectivity index (χ1v) is 7.24. The topological polar surface area (TPSA) is 75.0 Å². The lowest BCUT2D eigenvalue weighted by Crippen LogP contribution is -2.25. The highest BCUT2D eigenvalue weighted by Gasteiger charge is 2.27. The predicted molar refractivity (Wildman–Crippen MR) is 84.5 cm³/mol. The number of anilines is 2. The zero-order valence-electron chi connectivity index (χ0n) is 12.3. The van der Waals surface area contributed by atoms with Crippen LogP contribution in [0.4, 0.5) is 11.5 Å². The van der Waals surface area contributed by atoms with Crippen LogP contribution in [0, 0.1) is 0 Å². The van der Waals surface area contributed by atoms with Gasteiger partial charge in [-0.2, -0.15) is 0 Å². The molecule has 0 bridgehead atoms. The molecule has 0 amide bonds. The van der Waals surface area contributed by atoms with Crippen LogP contribution >= 0.6 is 0 Å². The van der Waals surface area contributed by atoms with Crippen molar-refractivity contribution in [2.45, 2.75) is 31.7 Å². The number of hydrogen-bond donors (Lipinski definition) is 2. The number of nitrogen functional groups attached to an aromatic ring is 1. The van der Waals surface area contributed by atoms with Crippen molar-refractivity contribution in [2.75, 3.05) is 17.7 Å². The maximum atomic E-state index is 11.8. The van der Waals surface area contributed by atoms with Crippen molar-refractivity contribution in [3.63, 3.8) is 0 Å². The molecule has 1 aliphatic rings. The molecule has 1 aliphatic carbocycles. The SMILES string of the molecule is CC(c1cccc(N)c1)N(C)c1cc(=O)[nH]c(C2CC2)n1. The Balaban J connectivity index is 1.90. The first kappa shape index (κ1) is 13.7. The van der Waals surface area contributed by atoms with E-state index in [1.807, 2.05) is 36.2 Å². The molecule has 0 radical (unpaired) electrons. The number of aromatic amines is 1. The monoisotopic (exact) mass is 284 g/mol. The Kier molecular flexibility index (Phi) is 3.41. The van der Waals surface area contributed by atoms with Crippen molar-refractivity contribution in [2.24, 2.45) is 0 Å². The molecule has 3 rings (SSSR count). The molecular formula is C16H20N4O. The van der Waals surface area contributed by atoms with E-state index in [4.69, 9.17) is 5.73 Å². The second-order valence-corrected chi connectivity index (χ2v) is 5.72. The van der Waals surface area contributed by atoms with Gasteiger partial charge in [-0.15, -0.1) is 0 Å². The lowest BCUT2D eigenvalue weighted by Gasteiger charge is -2.26. The van der Waals surface area contributed by atoms with Crippen molar-refractivity contribution >= 4 is 11.5 Å². The van der Waals surface area contributed by atoms with Gasteiger partial charge in [-0.3, -0.25) is 4.79 Å². The van der Waals surface area contributed by atoms with Gasteiger partial charge in [-0.05, 0) is 37.5 Å². The summed E-state index contributed by atoms with van der Waals surface area (Å²) in [6, 6.07) is 9.44. The van der Waals surface area contributed by atoms with Crippen molar-refractivity contribution < 1.29 is 0 Å². The predicted octanol–water partition coefficient (Wildman–Crippen LogP) is 2.43. The van der Waals surface area contributed by atoms with Crippen LogP contribution in [0.1, 0.15) is 43.1 Å². The summed E-state index contributed by atoms with van der Waals surface area (Å²) < 4.78 is 0. The van der Waals surface area contributed by atoms with E-state index in [9.17, 15) is 4.79 Å². The standard InChI is InChI=1S/C16H20N4O/c1-10(12-4-3-5-13(17)8-12)20(2)14-9-15(21)19-16(18-14)11-6-7-11/h3-5,8-11H,6-7,17H2,1-2H3,(H,18,19,21). The Bertz CT molecular complexity index is 705. The maximum absolute atomic E-state index is 11.8. The second-order valence-electron chi connectivity index (χ2n) is 5.72. The molecule has 1 saturated carbocycles. The van der Waals surface area contributed by atoms with E-state index in [0.717, 1.165) is 29.9 Å². The number of nitrogens with two attached hydrogens (primary N) is 1. The molecule has 1 fully saturated rings. The van der Waals surface area contributed by atoms with Gasteiger partial charge in [0.25, 0.3) is 5.56 Å². The van der Waals surface area contributed by atoms with Gasteiger partial charge in [-0.25, -0.2) is 4.98 Å². The largest absolute Gasteiger partial charge is 0.399 e. The molecule has 5 heteroatoms. The summed E-state index contributed by atoms with van der Waals surface area (Å²) in [5.74, 6) is 1.94. The highest BCUT2D eigenvalue weighted by atomic mass is 16.1. The van der Waals surface area contributed by atoms with Gasteiger partial charge in [0, 0.05) is 24.7 Å². The number of nitrogens with zero attached hydrogens (tertiary/aromatic N) is 2. The van der Waals surface area contributed by atoms with Crippen LogP contribution < -0.4 is 16.2 Å². The molecule has 0 saturated heterocycles. The molecule has 5 nitrogen and oxygen atoms in total. The van der Waals surface area contributed by atoms with Gasteiger partial charge in [0.1, 0.15) is 11.6 Å². The zero-order chi connectivity index (χ0) is 15.0. The fourth-order valence-electron chi connectivity index (χ4n) is 2.43. The van der Waals surface area contributed by atoms with Crippen LogP contribution in [-0.2, 0) is 0 Å². The summed E-state index contributed by atoms with van der Waals surface area (Å²) in [5, 5.41) is 0. The van der Waals surface area contributed by atoms with E-state index in [2.05, 4.69) is 16.9 Å². The van der Waals surface area contributed by atoms with E-state index >= 15 is 0 Å². The van der Waals surface area contributed by atoms with Crippen LogP contribution in [0.25, 0.3) is 0 Å². The molecule has 3 N–H and O–H groups in total. The first-order valence-electron chi connectivity index (χ1n) is 7.24. The van der Waals surface area contributed by atoms with Gasteiger partial charge in [0.15, 0.2) is 0 Å². The summed E-state index contributed by atoms with van der Waals surface area (Å²) >= 11 is 0. The summed E-state index contributed by atoms with van der Waals surface area (Å²) in [6.07, 6.45) is 2.22. The molecular weight excluding hydrogens is 264 g/mol. The molecule has 1 atom stereocenters. The Labute approximate surface area is 123 Å². The molecule has 0 spiro atoms. The molecule has 1 heterocycles. The fourth-order valence-corrected chi connectivity index (χ4v) is 2.43. The van der Waals surface area contributed by atoms with Gasteiger partial charge in [-0.1, -0.05) is 12.1 Å². The number of aromatic nitrogens is 2. The van der Waals surface area contributed by atoms with E-state index < -0.39 is 0 Å². The summed E-state index contributed by atoms with van der Waals surface area (Å²) in [5.41, 5.74) is 7.60. The van der Waals surface area contributed by atoms with Crippen molar-refractivity contribution in [3.8, 4) is 0 Å². The number of H-pyrrole nitrogens is 1. The molecule has 21 heavy (non-hydrogen) atoms. The fraction of sp³-hybridized carbons (Fsp3) is 0.375. The van der Waals surface area contributed by atoms with Crippen LogP contribution in [0.5, 0.6) is 0 Å². The van der Waals surface area contributed by atoms with Crippen LogP contribution in [0.15, 0.2) is 35.1 Å². The Morgan fingerprint density at radius 2 is 2.14 bits per heavy atom. The molecule has 110 valence electrons. The van der Waals surface area contributed by atoms with Gasteiger partial charge in [0.2, 0.25) is 0 Å². The van der Waals surface area contributed by atoms with Crippen molar-refractivity contribution in [1.82, 2.24) is 9.97 Å². The molecule has 1 unspecified atom stereocenters. The molecule has 0 aliphatic heterocycles. The molecule has 2 aromatic rings. The highest BCUT2D eigenvalue weighted by Crippen LogP contribution is 2.38. The number of hydrogen-bond acceptors (Lipinski definition) is 4.